The standard InChI is InChI=1S/C25H26N6O3/c1-4-18-10-17(7-8-33-18)31-23-19-9-15(20-13-29(2)14-26-20)5-6-21(19)34-24(23)22(28-25(31)32)16-11-27-30(3)12-16/h5-6,9,11-14,17-18H,4,7-8,10H2,1-3H3. The Hall–Kier alpha value is -3.72. The van der Waals surface area contributed by atoms with E-state index in [9.17, 15) is 4.79 Å². The molecule has 1 aliphatic rings. The second kappa shape index (κ2) is 7.95. The average Bonchev–Trinajstić information content (AvgIpc) is 3.57. The van der Waals surface area contributed by atoms with Gasteiger partial charge in [-0.05, 0) is 37.5 Å². The molecule has 2 unspecified atom stereocenters. The fourth-order valence-electron chi connectivity index (χ4n) is 4.96. The number of furan rings is 1. The predicted molar refractivity (Wildman–Crippen MR) is 128 cm³/mol. The maximum atomic E-state index is 13.6. The fourth-order valence-corrected chi connectivity index (χ4v) is 4.96. The molecule has 6 rings (SSSR count). The predicted octanol–water partition coefficient (Wildman–Crippen LogP) is 4.07. The molecule has 0 N–H and O–H groups in total. The Morgan fingerprint density at radius 2 is 2.06 bits per heavy atom. The van der Waals surface area contributed by atoms with E-state index in [-0.39, 0.29) is 17.8 Å². The van der Waals surface area contributed by atoms with Gasteiger partial charge in [0.1, 0.15) is 16.8 Å². The zero-order chi connectivity index (χ0) is 23.4. The summed E-state index contributed by atoms with van der Waals surface area (Å²) < 4.78 is 17.7. The minimum atomic E-state index is -0.279. The number of benzene rings is 1. The molecule has 0 radical (unpaired) electrons. The van der Waals surface area contributed by atoms with Crippen molar-refractivity contribution in [3.8, 4) is 22.5 Å². The highest BCUT2D eigenvalue weighted by Crippen LogP contribution is 2.38. The number of aryl methyl sites for hydroxylation is 2. The smallest absolute Gasteiger partial charge is 0.349 e. The molecule has 1 fully saturated rings. The van der Waals surface area contributed by atoms with Gasteiger partial charge in [0.25, 0.3) is 0 Å². The molecule has 5 heterocycles. The Balaban J connectivity index is 1.65. The van der Waals surface area contributed by atoms with Crippen LogP contribution in [0.2, 0.25) is 0 Å². The van der Waals surface area contributed by atoms with Crippen LogP contribution in [0.4, 0.5) is 0 Å². The van der Waals surface area contributed by atoms with Crippen LogP contribution in [-0.2, 0) is 18.8 Å². The van der Waals surface area contributed by atoms with Gasteiger partial charge in [-0.25, -0.2) is 9.78 Å². The Kier molecular flexibility index (Phi) is 4.88. The van der Waals surface area contributed by atoms with E-state index < -0.39 is 0 Å². The lowest BCUT2D eigenvalue weighted by molar-refractivity contribution is -0.00709. The number of nitrogens with zero attached hydrogens (tertiary/aromatic N) is 6. The number of aromatic nitrogens is 6. The second-order valence-corrected chi connectivity index (χ2v) is 9.01. The molecule has 9 heteroatoms. The van der Waals surface area contributed by atoms with Gasteiger partial charge in [-0.1, -0.05) is 6.92 Å². The highest BCUT2D eigenvalue weighted by atomic mass is 16.5. The molecule has 9 nitrogen and oxygen atoms in total. The lowest BCUT2D eigenvalue weighted by Gasteiger charge is -2.30. The molecule has 1 aliphatic heterocycles. The first-order valence-corrected chi connectivity index (χ1v) is 11.6. The van der Waals surface area contributed by atoms with Crippen LogP contribution in [0.3, 0.4) is 0 Å². The maximum absolute atomic E-state index is 13.6. The molecule has 174 valence electrons. The quantitative estimate of drug-likeness (QED) is 0.403. The molecule has 0 spiro atoms. The van der Waals surface area contributed by atoms with Crippen molar-refractivity contribution in [3.05, 3.63) is 53.6 Å². The molecule has 1 saturated heterocycles. The summed E-state index contributed by atoms with van der Waals surface area (Å²) in [6, 6.07) is 5.99. The first-order chi connectivity index (χ1) is 16.5. The van der Waals surface area contributed by atoms with Gasteiger partial charge in [0.15, 0.2) is 5.58 Å². The first kappa shape index (κ1) is 20.9. The van der Waals surface area contributed by atoms with Crippen molar-refractivity contribution in [1.29, 1.82) is 0 Å². The fraction of sp³-hybridized carbons (Fsp3) is 0.360. The number of fused-ring (bicyclic) bond motifs is 3. The zero-order valence-corrected chi connectivity index (χ0v) is 19.4. The van der Waals surface area contributed by atoms with E-state index in [2.05, 4.69) is 28.1 Å². The van der Waals surface area contributed by atoms with Crippen LogP contribution < -0.4 is 5.69 Å². The molecule has 0 saturated carbocycles. The van der Waals surface area contributed by atoms with E-state index in [0.717, 1.165) is 47.0 Å². The average molecular weight is 459 g/mol. The van der Waals surface area contributed by atoms with Gasteiger partial charge in [-0.15, -0.1) is 0 Å². The highest BCUT2D eigenvalue weighted by molar-refractivity contribution is 6.07. The van der Waals surface area contributed by atoms with Crippen molar-refractivity contribution in [3.63, 3.8) is 0 Å². The van der Waals surface area contributed by atoms with Gasteiger partial charge in [0.2, 0.25) is 0 Å². The van der Waals surface area contributed by atoms with Crippen LogP contribution in [0.15, 0.2) is 52.3 Å². The number of ether oxygens (including phenoxy) is 1. The van der Waals surface area contributed by atoms with E-state index in [1.54, 1.807) is 17.2 Å². The number of hydrogen-bond donors (Lipinski definition) is 0. The van der Waals surface area contributed by atoms with Gasteiger partial charge >= 0.3 is 5.69 Å². The third kappa shape index (κ3) is 3.35. The van der Waals surface area contributed by atoms with Crippen molar-refractivity contribution in [1.82, 2.24) is 28.9 Å². The number of rotatable bonds is 4. The minimum Gasteiger partial charge on any atom is -0.452 e. The summed E-state index contributed by atoms with van der Waals surface area (Å²) in [5.41, 5.74) is 4.89. The summed E-state index contributed by atoms with van der Waals surface area (Å²) in [5.74, 6) is 0. The van der Waals surface area contributed by atoms with Gasteiger partial charge in [-0.2, -0.15) is 10.1 Å². The number of hydrogen-bond acceptors (Lipinski definition) is 6. The van der Waals surface area contributed by atoms with Crippen LogP contribution in [-0.4, -0.2) is 41.6 Å². The molecule has 34 heavy (non-hydrogen) atoms. The molecule has 4 aromatic heterocycles. The van der Waals surface area contributed by atoms with Crippen LogP contribution in [0.25, 0.3) is 44.6 Å². The van der Waals surface area contributed by atoms with Crippen LogP contribution in [0, 0.1) is 0 Å². The maximum Gasteiger partial charge on any atom is 0.349 e. The van der Waals surface area contributed by atoms with Gasteiger partial charge in [0.05, 0.1) is 24.3 Å². The molecule has 0 bridgehead atoms. The molecule has 1 aromatic carbocycles. The van der Waals surface area contributed by atoms with E-state index >= 15 is 0 Å². The topological polar surface area (TPSA) is 92.9 Å². The largest absolute Gasteiger partial charge is 0.452 e. The van der Waals surface area contributed by atoms with E-state index in [1.165, 1.54) is 0 Å². The third-order valence-electron chi connectivity index (χ3n) is 6.67. The molecule has 0 amide bonds. The summed E-state index contributed by atoms with van der Waals surface area (Å²) in [7, 11) is 3.79. The highest BCUT2D eigenvalue weighted by Gasteiger charge is 2.29. The van der Waals surface area contributed by atoms with E-state index in [1.807, 2.05) is 47.8 Å². The molecular weight excluding hydrogens is 432 g/mol. The van der Waals surface area contributed by atoms with Crippen LogP contribution in [0.1, 0.15) is 32.2 Å². The molecule has 5 aromatic rings. The SMILES string of the molecule is CCC1CC(n2c(=O)nc(-c3cnn(C)c3)c3oc4ccc(-c5cn(C)cn5)cc4c32)CCO1. The van der Waals surface area contributed by atoms with E-state index in [4.69, 9.17) is 9.15 Å². The summed E-state index contributed by atoms with van der Waals surface area (Å²) in [4.78, 5) is 22.5. The van der Waals surface area contributed by atoms with Crippen molar-refractivity contribution in [2.75, 3.05) is 6.61 Å². The van der Waals surface area contributed by atoms with E-state index in [0.29, 0.717) is 23.5 Å². The monoisotopic (exact) mass is 458 g/mol. The van der Waals surface area contributed by atoms with Gasteiger partial charge < -0.3 is 13.7 Å². The van der Waals surface area contributed by atoms with Crippen molar-refractivity contribution in [2.24, 2.45) is 14.1 Å². The van der Waals surface area contributed by atoms with Crippen LogP contribution >= 0.6 is 0 Å². The third-order valence-corrected chi connectivity index (χ3v) is 6.67. The van der Waals surface area contributed by atoms with Crippen molar-refractivity contribution >= 4 is 22.1 Å². The van der Waals surface area contributed by atoms with Gasteiger partial charge in [0, 0.05) is 55.7 Å². The Labute approximate surface area is 195 Å². The lowest BCUT2D eigenvalue weighted by Crippen LogP contribution is -2.34. The Morgan fingerprint density at radius 1 is 1.18 bits per heavy atom. The first-order valence-electron chi connectivity index (χ1n) is 11.6. The minimum absolute atomic E-state index is 0.0107. The van der Waals surface area contributed by atoms with Crippen molar-refractivity contribution < 1.29 is 9.15 Å². The molecular formula is C25H26N6O3. The summed E-state index contributed by atoms with van der Waals surface area (Å²) in [6.07, 6.45) is 9.87. The summed E-state index contributed by atoms with van der Waals surface area (Å²) in [5, 5.41) is 5.15. The summed E-state index contributed by atoms with van der Waals surface area (Å²) >= 11 is 0. The van der Waals surface area contributed by atoms with Crippen molar-refractivity contribution in [2.45, 2.75) is 38.3 Å². The lowest BCUT2D eigenvalue weighted by atomic mass is 10.0. The van der Waals surface area contributed by atoms with Crippen LogP contribution in [0.5, 0.6) is 0 Å². The Morgan fingerprint density at radius 3 is 2.79 bits per heavy atom. The Bertz CT molecular complexity index is 1570. The zero-order valence-electron chi connectivity index (χ0n) is 19.4. The molecule has 2 atom stereocenters. The van der Waals surface area contributed by atoms with Gasteiger partial charge in [-0.3, -0.25) is 9.25 Å². The summed E-state index contributed by atoms with van der Waals surface area (Å²) in [6.45, 7) is 2.73. The second-order valence-electron chi connectivity index (χ2n) is 9.01. The molecule has 0 aliphatic carbocycles. The normalized spacial score (nSPS) is 18.8. The number of imidazole rings is 1.